The van der Waals surface area contributed by atoms with Gasteiger partial charge in [-0.3, -0.25) is 9.59 Å². The standard InChI is InChI=1S/C23H20F6N4O5S/c1-3-39(37,38)17-8-9-18-14(10-17)11-32(33(12-30)13(2)34)19(18)20(35)31-16-6-4-15(5-7-16)21(36,22(24,25)26)23(27,28)29/h4-10,19,36H,3,11H2,1-2H3,(H,31,35). The fourth-order valence-corrected chi connectivity index (χ4v) is 4.97. The van der Waals surface area contributed by atoms with E-state index in [-0.39, 0.29) is 28.4 Å². The number of hydrogen-bond donors (Lipinski definition) is 2. The highest BCUT2D eigenvalue weighted by Gasteiger charge is 2.71. The molecule has 16 heteroatoms. The molecule has 1 aliphatic rings. The Bertz CT molecular complexity index is 1420. The van der Waals surface area contributed by atoms with Crippen molar-refractivity contribution in [3.05, 3.63) is 59.2 Å². The molecule has 2 amide bonds. The highest BCUT2D eigenvalue weighted by Crippen LogP contribution is 2.50. The first-order valence-electron chi connectivity index (χ1n) is 11.0. The zero-order valence-electron chi connectivity index (χ0n) is 20.1. The van der Waals surface area contributed by atoms with Gasteiger partial charge in [0.05, 0.1) is 10.6 Å². The Labute approximate surface area is 218 Å². The zero-order chi connectivity index (χ0) is 29.6. The third-order valence-electron chi connectivity index (χ3n) is 6.07. The van der Waals surface area contributed by atoms with E-state index in [1.165, 1.54) is 25.1 Å². The molecule has 1 atom stereocenters. The van der Waals surface area contributed by atoms with Crippen molar-refractivity contribution in [1.82, 2.24) is 10.0 Å². The van der Waals surface area contributed by atoms with Gasteiger partial charge < -0.3 is 10.4 Å². The molecule has 39 heavy (non-hydrogen) atoms. The van der Waals surface area contributed by atoms with Crippen molar-refractivity contribution >= 4 is 27.3 Å². The second-order valence-corrected chi connectivity index (χ2v) is 10.7. The maximum Gasteiger partial charge on any atom is 0.430 e. The number of nitriles is 1. The van der Waals surface area contributed by atoms with Crippen molar-refractivity contribution in [2.75, 3.05) is 11.1 Å². The van der Waals surface area contributed by atoms with Crippen molar-refractivity contribution in [1.29, 1.82) is 5.26 Å². The van der Waals surface area contributed by atoms with Crippen LogP contribution in [0, 0.1) is 11.5 Å². The molecule has 0 bridgehead atoms. The van der Waals surface area contributed by atoms with E-state index in [4.69, 9.17) is 0 Å². The van der Waals surface area contributed by atoms with Crippen LogP contribution in [0.2, 0.25) is 0 Å². The number of hydrazine groups is 1. The predicted molar refractivity (Wildman–Crippen MR) is 122 cm³/mol. The number of nitrogens with one attached hydrogen (secondary N) is 1. The van der Waals surface area contributed by atoms with Gasteiger partial charge in [-0.2, -0.15) is 41.6 Å². The number of hydrogen-bond acceptors (Lipinski definition) is 7. The van der Waals surface area contributed by atoms with Crippen LogP contribution in [0.4, 0.5) is 32.0 Å². The van der Waals surface area contributed by atoms with Gasteiger partial charge in [-0.1, -0.05) is 25.1 Å². The second-order valence-electron chi connectivity index (χ2n) is 8.47. The molecule has 0 spiro atoms. The number of carbonyl (C=O) groups excluding carboxylic acids is 2. The number of sulfone groups is 1. The summed E-state index contributed by atoms with van der Waals surface area (Å²) in [6.45, 7) is 2.22. The summed E-state index contributed by atoms with van der Waals surface area (Å²) < 4.78 is 103. The van der Waals surface area contributed by atoms with Crippen LogP contribution < -0.4 is 5.32 Å². The normalized spacial score (nSPS) is 16.4. The SMILES string of the molecule is CCS(=O)(=O)c1ccc2c(c1)CN(N(C#N)C(C)=O)C2C(=O)Nc1ccc(C(O)(C(F)(F)F)C(F)(F)F)cc1. The van der Waals surface area contributed by atoms with Crippen LogP contribution in [0.5, 0.6) is 0 Å². The van der Waals surface area contributed by atoms with Gasteiger partial charge in [0, 0.05) is 24.7 Å². The Morgan fingerprint density at radius 2 is 1.67 bits per heavy atom. The van der Waals surface area contributed by atoms with E-state index in [9.17, 15) is 54.7 Å². The number of rotatable bonds is 6. The topological polar surface area (TPSA) is 131 Å². The van der Waals surface area contributed by atoms with Gasteiger partial charge in [0.25, 0.3) is 5.60 Å². The van der Waals surface area contributed by atoms with Crippen molar-refractivity contribution in [3.8, 4) is 6.19 Å². The lowest BCUT2D eigenvalue weighted by molar-refractivity contribution is -0.376. The summed E-state index contributed by atoms with van der Waals surface area (Å²) in [5.74, 6) is -1.94. The Balaban J connectivity index is 1.99. The number of alkyl halides is 6. The summed E-state index contributed by atoms with van der Waals surface area (Å²) in [6, 6.07) is 4.53. The van der Waals surface area contributed by atoms with Crippen molar-refractivity contribution in [3.63, 3.8) is 0 Å². The smallest absolute Gasteiger partial charge is 0.369 e. The number of amides is 2. The minimum Gasteiger partial charge on any atom is -0.369 e. The van der Waals surface area contributed by atoms with E-state index < -0.39 is 51.2 Å². The van der Waals surface area contributed by atoms with Crippen LogP contribution in [0.15, 0.2) is 47.4 Å². The minimum atomic E-state index is -6.10. The molecule has 2 aromatic carbocycles. The van der Waals surface area contributed by atoms with Gasteiger partial charge >= 0.3 is 12.4 Å². The molecule has 3 rings (SSSR count). The second kappa shape index (κ2) is 10.1. The van der Waals surface area contributed by atoms with Gasteiger partial charge in [0.15, 0.2) is 9.84 Å². The first-order valence-corrected chi connectivity index (χ1v) is 12.6. The Morgan fingerprint density at radius 3 is 2.13 bits per heavy atom. The summed E-state index contributed by atoms with van der Waals surface area (Å²) >= 11 is 0. The number of fused-ring (bicyclic) bond motifs is 1. The van der Waals surface area contributed by atoms with Gasteiger partial charge in [-0.05, 0) is 35.4 Å². The number of anilines is 1. The van der Waals surface area contributed by atoms with Crippen LogP contribution in [-0.4, -0.2) is 53.5 Å². The zero-order valence-corrected chi connectivity index (χ0v) is 20.9. The number of benzene rings is 2. The minimum absolute atomic E-state index is 0.0616. The molecular weight excluding hydrogens is 558 g/mol. The molecule has 0 saturated heterocycles. The van der Waals surface area contributed by atoms with E-state index in [2.05, 4.69) is 5.32 Å². The van der Waals surface area contributed by atoms with Crippen molar-refractivity contribution < 1.29 is 49.5 Å². The summed E-state index contributed by atoms with van der Waals surface area (Å²) in [6.07, 6.45) is -10.6. The molecule has 0 aromatic heterocycles. The molecule has 0 saturated carbocycles. The molecular formula is C23H20F6N4O5S. The van der Waals surface area contributed by atoms with Crippen LogP contribution in [0.1, 0.15) is 36.6 Å². The van der Waals surface area contributed by atoms with Crippen LogP contribution >= 0.6 is 0 Å². The fraction of sp³-hybridized carbons (Fsp3) is 0.348. The Kier molecular flexibility index (Phi) is 7.76. The van der Waals surface area contributed by atoms with E-state index in [0.29, 0.717) is 34.8 Å². The molecule has 9 nitrogen and oxygen atoms in total. The number of carbonyl (C=O) groups is 2. The van der Waals surface area contributed by atoms with Crippen molar-refractivity contribution in [2.45, 2.75) is 49.3 Å². The van der Waals surface area contributed by atoms with Crippen LogP contribution in [0.3, 0.4) is 0 Å². The first-order chi connectivity index (χ1) is 17.9. The summed E-state index contributed by atoms with van der Waals surface area (Å²) in [4.78, 5) is 25.2. The highest BCUT2D eigenvalue weighted by molar-refractivity contribution is 7.91. The Hall–Kier alpha value is -3.68. The first kappa shape index (κ1) is 29.9. The maximum absolute atomic E-state index is 13.2. The molecule has 1 unspecified atom stereocenters. The van der Waals surface area contributed by atoms with Gasteiger partial charge in [-0.15, -0.1) is 0 Å². The number of nitrogens with zero attached hydrogens (tertiary/aromatic N) is 3. The number of aliphatic hydroxyl groups is 1. The molecule has 1 aliphatic heterocycles. The van der Waals surface area contributed by atoms with Gasteiger partial charge in [-0.25, -0.2) is 8.42 Å². The third-order valence-corrected chi connectivity index (χ3v) is 7.80. The van der Waals surface area contributed by atoms with Crippen LogP contribution in [0.25, 0.3) is 0 Å². The third kappa shape index (κ3) is 5.29. The predicted octanol–water partition coefficient (Wildman–Crippen LogP) is 3.53. The fourth-order valence-electron chi connectivity index (χ4n) is 4.04. The molecule has 0 radical (unpaired) electrons. The van der Waals surface area contributed by atoms with Gasteiger partial charge in [0.2, 0.25) is 18.0 Å². The molecule has 0 aliphatic carbocycles. The van der Waals surface area contributed by atoms with E-state index in [0.717, 1.165) is 11.9 Å². The quantitative estimate of drug-likeness (QED) is 0.305. The van der Waals surface area contributed by atoms with Crippen molar-refractivity contribution in [2.24, 2.45) is 0 Å². The van der Waals surface area contributed by atoms with Gasteiger partial charge in [0.1, 0.15) is 6.04 Å². The van der Waals surface area contributed by atoms with E-state index >= 15 is 0 Å². The lowest BCUT2D eigenvalue weighted by Crippen LogP contribution is -2.53. The van der Waals surface area contributed by atoms with E-state index in [1.807, 2.05) is 0 Å². The monoisotopic (exact) mass is 578 g/mol. The molecule has 1 heterocycles. The molecule has 2 aromatic rings. The summed E-state index contributed by atoms with van der Waals surface area (Å²) in [5, 5.41) is 22.9. The summed E-state index contributed by atoms with van der Waals surface area (Å²) in [5.41, 5.74) is -6.45. The average Bonchev–Trinajstić information content (AvgIpc) is 3.21. The lowest BCUT2D eigenvalue weighted by Gasteiger charge is -2.32. The molecule has 210 valence electrons. The average molecular weight is 578 g/mol. The van der Waals surface area contributed by atoms with Crippen LogP contribution in [-0.2, 0) is 31.6 Å². The maximum atomic E-state index is 13.2. The largest absolute Gasteiger partial charge is 0.430 e. The summed E-state index contributed by atoms with van der Waals surface area (Å²) in [7, 11) is -3.65. The molecule has 0 fully saturated rings. The molecule has 2 N–H and O–H groups in total. The highest BCUT2D eigenvalue weighted by atomic mass is 32.2. The Morgan fingerprint density at radius 1 is 1.10 bits per heavy atom. The van der Waals surface area contributed by atoms with E-state index in [1.54, 1.807) is 6.19 Å². The number of halogens is 6. The lowest BCUT2D eigenvalue weighted by atomic mass is 9.92.